The number of ether oxygens (including phenoxy) is 12. The number of hydrogen-bond donors (Lipinski definition) is 0. The van der Waals surface area contributed by atoms with Gasteiger partial charge in [-0.3, -0.25) is 14.9 Å². The van der Waals surface area contributed by atoms with Crippen LogP contribution in [0.5, 0.6) is 11.5 Å². The standard InChI is InChI=1S/C35H48F5NO15/c36-30-31(37)33(39)35(34(40)32(30)38)56-29(42)5-6-45-7-8-46-9-10-47-11-12-48-13-14-49-15-16-50-17-18-51-19-20-52-21-22-53-23-24-54-25-26-55-28-3-1-27(2-4-28)41(43)44/h1-4H,5-26H2. The molecule has 0 amide bonds. The first-order valence-corrected chi connectivity index (χ1v) is 17.6. The molecule has 56 heavy (non-hydrogen) atoms. The Morgan fingerprint density at radius 2 is 0.732 bits per heavy atom. The minimum atomic E-state index is -2.35. The molecule has 0 atom stereocenters. The zero-order valence-corrected chi connectivity index (χ0v) is 30.8. The van der Waals surface area contributed by atoms with Gasteiger partial charge >= 0.3 is 5.97 Å². The van der Waals surface area contributed by atoms with E-state index in [-0.39, 0.29) is 32.1 Å². The van der Waals surface area contributed by atoms with E-state index in [1.54, 1.807) is 0 Å². The highest BCUT2D eigenvalue weighted by Gasteiger charge is 2.28. The first-order valence-electron chi connectivity index (χ1n) is 17.6. The minimum absolute atomic E-state index is 0.00523. The summed E-state index contributed by atoms with van der Waals surface area (Å²) in [6, 6.07) is 5.83. The molecule has 2 rings (SSSR count). The van der Waals surface area contributed by atoms with Crippen molar-refractivity contribution in [3.8, 4) is 11.5 Å². The second-order valence-corrected chi connectivity index (χ2v) is 10.8. The van der Waals surface area contributed by atoms with Crippen LogP contribution < -0.4 is 9.47 Å². The maximum atomic E-state index is 13.6. The van der Waals surface area contributed by atoms with Gasteiger partial charge in [0.1, 0.15) is 12.4 Å². The quantitative estimate of drug-likeness (QED) is 0.0142. The van der Waals surface area contributed by atoms with Crippen molar-refractivity contribution in [2.75, 3.05) is 139 Å². The van der Waals surface area contributed by atoms with E-state index in [1.807, 2.05) is 0 Å². The molecule has 0 N–H and O–H groups in total. The third-order valence-corrected chi connectivity index (χ3v) is 6.73. The molecule has 318 valence electrons. The summed E-state index contributed by atoms with van der Waals surface area (Å²) in [5, 5.41) is 10.6. The van der Waals surface area contributed by atoms with E-state index >= 15 is 0 Å². The third-order valence-electron chi connectivity index (χ3n) is 6.73. The fraction of sp³-hybridized carbons (Fsp3) is 0.629. The van der Waals surface area contributed by atoms with Crippen molar-refractivity contribution in [2.24, 2.45) is 0 Å². The van der Waals surface area contributed by atoms with Crippen molar-refractivity contribution < 1.29 is 88.5 Å². The van der Waals surface area contributed by atoms with Gasteiger partial charge in [0.25, 0.3) is 5.69 Å². The Hall–Kier alpha value is -3.64. The Kier molecular flexibility index (Phi) is 27.2. The second-order valence-electron chi connectivity index (χ2n) is 10.8. The van der Waals surface area contributed by atoms with Gasteiger partial charge < -0.3 is 56.8 Å². The molecule has 0 saturated carbocycles. The summed E-state index contributed by atoms with van der Waals surface area (Å²) in [6.07, 6.45) is -0.495. The normalized spacial score (nSPS) is 11.3. The molecule has 0 aliphatic heterocycles. The monoisotopic (exact) mass is 817 g/mol. The summed E-state index contributed by atoms with van der Waals surface area (Å²) in [7, 11) is 0. The van der Waals surface area contributed by atoms with E-state index in [4.69, 9.17) is 52.1 Å². The number of benzene rings is 2. The van der Waals surface area contributed by atoms with Gasteiger partial charge in [0.15, 0.2) is 0 Å². The average molecular weight is 818 g/mol. The van der Waals surface area contributed by atoms with E-state index < -0.39 is 52.1 Å². The molecule has 21 heteroatoms. The molecule has 2 aromatic carbocycles. The van der Waals surface area contributed by atoms with Gasteiger partial charge in [-0.25, -0.2) is 13.2 Å². The molecule has 2 aromatic rings. The van der Waals surface area contributed by atoms with Crippen LogP contribution in [-0.2, 0) is 52.2 Å². The minimum Gasteiger partial charge on any atom is -0.491 e. The van der Waals surface area contributed by atoms with Crippen molar-refractivity contribution in [3.63, 3.8) is 0 Å². The first kappa shape index (κ1) is 48.5. The number of esters is 1. The molecule has 16 nitrogen and oxygen atoms in total. The molecular formula is C35H48F5NO15. The SMILES string of the molecule is O=C(CCOCCOCCOCCOCCOCCOCCOCCOCCOCCOCCOc1ccc([N+](=O)[O-])cc1)Oc1c(F)c(F)c(F)c(F)c1F. The van der Waals surface area contributed by atoms with E-state index in [9.17, 15) is 36.9 Å². The van der Waals surface area contributed by atoms with Crippen LogP contribution in [0.15, 0.2) is 24.3 Å². The summed E-state index contributed by atoms with van der Waals surface area (Å²) in [5.41, 5.74) is 0.00523. The number of carbonyl (C=O) groups is 1. The fourth-order valence-corrected chi connectivity index (χ4v) is 3.96. The highest BCUT2D eigenvalue weighted by molar-refractivity contribution is 5.72. The van der Waals surface area contributed by atoms with Gasteiger partial charge in [0, 0.05) is 12.1 Å². The van der Waals surface area contributed by atoms with Crippen LogP contribution in [0.3, 0.4) is 0 Å². The Morgan fingerprint density at radius 1 is 0.446 bits per heavy atom. The number of nitro benzene ring substituents is 1. The lowest BCUT2D eigenvalue weighted by Crippen LogP contribution is -2.16. The summed E-state index contributed by atoms with van der Waals surface area (Å²) in [6.45, 7) is 6.93. The number of rotatable bonds is 36. The lowest BCUT2D eigenvalue weighted by atomic mass is 10.2. The molecule has 0 bridgehead atoms. The zero-order valence-electron chi connectivity index (χ0n) is 30.8. The number of nitro groups is 1. The van der Waals surface area contributed by atoms with Crippen molar-refractivity contribution in [1.82, 2.24) is 0 Å². The highest BCUT2D eigenvalue weighted by atomic mass is 19.2. The van der Waals surface area contributed by atoms with Crippen LogP contribution in [0.2, 0.25) is 0 Å². The van der Waals surface area contributed by atoms with E-state index in [1.165, 1.54) is 24.3 Å². The van der Waals surface area contributed by atoms with Gasteiger partial charge in [-0.15, -0.1) is 0 Å². The van der Waals surface area contributed by atoms with E-state index in [0.29, 0.717) is 118 Å². The molecule has 0 fully saturated rings. The van der Waals surface area contributed by atoms with Crippen LogP contribution >= 0.6 is 0 Å². The van der Waals surface area contributed by atoms with Crippen LogP contribution in [-0.4, -0.2) is 150 Å². The van der Waals surface area contributed by atoms with Crippen molar-refractivity contribution in [2.45, 2.75) is 6.42 Å². The maximum Gasteiger partial charge on any atom is 0.313 e. The zero-order chi connectivity index (χ0) is 40.6. The van der Waals surface area contributed by atoms with E-state index in [0.717, 1.165) is 0 Å². The molecular weight excluding hydrogens is 769 g/mol. The van der Waals surface area contributed by atoms with Crippen molar-refractivity contribution >= 4 is 11.7 Å². The summed E-state index contributed by atoms with van der Waals surface area (Å²) in [4.78, 5) is 21.8. The number of non-ortho nitro benzene ring substituents is 1. The lowest BCUT2D eigenvalue weighted by molar-refractivity contribution is -0.384. The highest BCUT2D eigenvalue weighted by Crippen LogP contribution is 2.29. The first-order chi connectivity index (χ1) is 27.2. The Balaban J connectivity index is 1.21. The molecule has 0 spiro atoms. The molecule has 0 aliphatic carbocycles. The molecule has 0 aliphatic rings. The van der Waals surface area contributed by atoms with E-state index in [2.05, 4.69) is 4.74 Å². The molecule has 0 heterocycles. The van der Waals surface area contributed by atoms with Gasteiger partial charge in [-0.05, 0) is 12.1 Å². The smallest absolute Gasteiger partial charge is 0.313 e. The second kappa shape index (κ2) is 31.4. The summed E-state index contributed by atoms with van der Waals surface area (Å²) in [5.74, 6) is -13.6. The Morgan fingerprint density at radius 3 is 1.05 bits per heavy atom. The van der Waals surface area contributed by atoms with Gasteiger partial charge in [0.05, 0.1) is 143 Å². The number of halogens is 5. The topological polar surface area (TPSA) is 171 Å². The predicted octanol–water partition coefficient (Wildman–Crippen LogP) is 3.83. The van der Waals surface area contributed by atoms with Crippen LogP contribution in [0, 0.1) is 39.2 Å². The Bertz CT molecular complexity index is 1330. The molecule has 0 saturated heterocycles. The molecule has 0 radical (unpaired) electrons. The third kappa shape index (κ3) is 22.2. The molecule has 0 aromatic heterocycles. The number of hydrogen-bond acceptors (Lipinski definition) is 15. The molecule has 0 unspecified atom stereocenters. The average Bonchev–Trinajstić information content (AvgIpc) is 3.19. The largest absolute Gasteiger partial charge is 0.491 e. The lowest BCUT2D eigenvalue weighted by Gasteiger charge is -2.09. The van der Waals surface area contributed by atoms with Crippen molar-refractivity contribution in [1.29, 1.82) is 0 Å². The maximum absolute atomic E-state index is 13.6. The van der Waals surface area contributed by atoms with Crippen LogP contribution in [0.1, 0.15) is 6.42 Å². The number of nitrogens with zero attached hydrogens (tertiary/aromatic N) is 1. The van der Waals surface area contributed by atoms with Gasteiger partial charge in [-0.2, -0.15) is 8.78 Å². The summed E-state index contributed by atoms with van der Waals surface area (Å²) < 4.78 is 130. The number of carbonyl (C=O) groups excluding carboxylic acids is 1. The fourth-order valence-electron chi connectivity index (χ4n) is 3.96. The van der Waals surface area contributed by atoms with Gasteiger partial charge in [-0.1, -0.05) is 0 Å². The summed E-state index contributed by atoms with van der Waals surface area (Å²) >= 11 is 0. The van der Waals surface area contributed by atoms with Crippen LogP contribution in [0.25, 0.3) is 0 Å². The Labute approximate surface area is 320 Å². The predicted molar refractivity (Wildman–Crippen MR) is 183 cm³/mol. The van der Waals surface area contributed by atoms with Crippen molar-refractivity contribution in [3.05, 3.63) is 63.5 Å². The van der Waals surface area contributed by atoms with Gasteiger partial charge in [0.2, 0.25) is 34.8 Å². The van der Waals surface area contributed by atoms with Crippen LogP contribution in [0.4, 0.5) is 27.6 Å².